The van der Waals surface area contributed by atoms with Gasteiger partial charge in [0.2, 0.25) is 0 Å². The molecule has 4 aliphatic heterocycles. The van der Waals surface area contributed by atoms with Gasteiger partial charge in [-0.1, -0.05) is 0 Å². The Morgan fingerprint density at radius 3 is 0.519 bits per heavy atom. The molecule has 0 aromatic rings. The van der Waals surface area contributed by atoms with Crippen LogP contribution in [-0.2, 0) is 21.1 Å². The van der Waals surface area contributed by atoms with Crippen molar-refractivity contribution >= 4 is 69.3 Å². The van der Waals surface area contributed by atoms with Crippen LogP contribution < -0.4 is 90.5 Å². The zero-order valence-corrected chi connectivity index (χ0v) is 24.2. The Hall–Kier alpha value is 0.908. The van der Waals surface area contributed by atoms with Crippen molar-refractivity contribution in [3.63, 3.8) is 0 Å². The van der Waals surface area contributed by atoms with Gasteiger partial charge in [-0.2, -0.15) is 0 Å². The Balaban J connectivity index is -0.000000274. The minimum Gasteiger partial charge on any atom is -1.00 e. The van der Waals surface area contributed by atoms with Crippen molar-refractivity contribution in [1.82, 2.24) is 42.5 Å². The summed E-state index contributed by atoms with van der Waals surface area (Å²) in [5.41, 5.74) is 0. The molecule has 0 spiro atoms. The predicted octanol–water partition coefficient (Wildman–Crippen LogP) is -8.14. The largest absolute Gasteiger partial charge is 2.00 e. The summed E-state index contributed by atoms with van der Waals surface area (Å²) < 4.78 is 0. The normalized spacial score (nSPS) is 17.5. The van der Waals surface area contributed by atoms with Gasteiger partial charge in [0.05, 0.1) is 0 Å². The first-order chi connectivity index (χ1) is 11.6. The van der Waals surface area contributed by atoms with Crippen molar-refractivity contribution in [2.45, 2.75) is 0 Å². The minimum absolute atomic E-state index is 0. The third-order valence-electron chi connectivity index (χ3n) is 2.78. The van der Waals surface area contributed by atoms with Gasteiger partial charge in [-0.15, -0.1) is 0 Å². The van der Waals surface area contributed by atoms with E-state index in [1.165, 1.54) is 0 Å². The van der Waals surface area contributed by atoms with Gasteiger partial charge in [-0.05, 0) is 48.9 Å². The van der Waals surface area contributed by atoms with Gasteiger partial charge in [0, 0.05) is 52.4 Å². The van der Waals surface area contributed by atoms with Crippen molar-refractivity contribution in [2.75, 3.05) is 52.4 Å². The maximum absolute atomic E-state index is 4.70. The summed E-state index contributed by atoms with van der Waals surface area (Å²) in [5, 5.41) is 26.7. The second-order valence-corrected chi connectivity index (χ2v) is 6.36. The third kappa shape index (κ3) is 20.0. The molecule has 4 aliphatic rings. The Morgan fingerprint density at radius 1 is 0.370 bits per heavy atom. The molecule has 0 saturated carbocycles. The molecule has 4 fully saturated rings. The molecule has 0 atom stereocenters. The van der Waals surface area contributed by atoms with Crippen LogP contribution in [0.15, 0.2) is 0 Å². The second-order valence-electron chi connectivity index (χ2n) is 4.73. The zero-order chi connectivity index (χ0) is 17.6. The standard InChI is InChI=1S/4C3H6N2S.2HI.Pt/c4*6-3-4-1-2-5-3;;;/h4*1-2H2,(H2,4,5,6);2*1H;/q;;;;;;+2/p-2. The predicted molar refractivity (Wildman–Crippen MR) is 114 cm³/mol. The molecular weight excluding hydrogens is 833 g/mol. The van der Waals surface area contributed by atoms with E-state index in [2.05, 4.69) is 42.5 Å². The number of thiocarbonyl (C=S) groups is 4. The molecule has 4 rings (SSSR count). The van der Waals surface area contributed by atoms with Gasteiger partial charge >= 0.3 is 21.1 Å². The fraction of sp³-hybridized carbons (Fsp3) is 0.667. The van der Waals surface area contributed by atoms with Crippen LogP contribution >= 0.6 is 48.9 Å². The van der Waals surface area contributed by atoms with Crippen molar-refractivity contribution < 1.29 is 69.0 Å². The molecule has 4 heterocycles. The van der Waals surface area contributed by atoms with Crippen LogP contribution in [0.4, 0.5) is 0 Å². The summed E-state index contributed by atoms with van der Waals surface area (Å²) in [6.07, 6.45) is 0. The van der Waals surface area contributed by atoms with Crippen LogP contribution in [0.2, 0.25) is 0 Å². The van der Waals surface area contributed by atoms with Crippen molar-refractivity contribution in [2.24, 2.45) is 0 Å². The van der Waals surface area contributed by atoms with Crippen LogP contribution in [0.1, 0.15) is 0 Å². The average Bonchev–Trinajstić information content (AvgIpc) is 3.31. The fourth-order valence-corrected chi connectivity index (χ4v) is 2.47. The molecule has 27 heavy (non-hydrogen) atoms. The summed E-state index contributed by atoms with van der Waals surface area (Å²) >= 11 is 18.8. The maximum Gasteiger partial charge on any atom is 2.00 e. The van der Waals surface area contributed by atoms with Crippen molar-refractivity contribution in [3.05, 3.63) is 0 Å². The number of hydrogen-bond acceptors (Lipinski definition) is 4. The summed E-state index contributed by atoms with van der Waals surface area (Å²) in [6.45, 7) is 7.88. The molecule has 0 amide bonds. The summed E-state index contributed by atoms with van der Waals surface area (Å²) in [4.78, 5) is 0. The van der Waals surface area contributed by atoms with Gasteiger partial charge in [0.1, 0.15) is 0 Å². The van der Waals surface area contributed by atoms with Crippen LogP contribution in [0.25, 0.3) is 0 Å². The van der Waals surface area contributed by atoms with Crippen molar-refractivity contribution in [3.8, 4) is 0 Å². The van der Waals surface area contributed by atoms with Gasteiger partial charge in [-0.3, -0.25) is 0 Å². The molecule has 0 radical (unpaired) electrons. The Kier molecular flexibility index (Phi) is 26.1. The van der Waals surface area contributed by atoms with Crippen LogP contribution in [0, 0.1) is 0 Å². The molecule has 160 valence electrons. The second kappa shape index (κ2) is 21.6. The molecule has 8 nitrogen and oxygen atoms in total. The first-order valence-corrected chi connectivity index (χ1v) is 9.28. The van der Waals surface area contributed by atoms with E-state index in [1.54, 1.807) is 0 Å². The quantitative estimate of drug-likeness (QED) is 0.0881. The number of rotatable bonds is 0. The SMILES string of the molecule is S=C1NCCN1.S=C1NCCN1.S=C1NCCN1.S=C1NCCN1.[I-].[I-].[Pt+2]. The average molecular weight is 858 g/mol. The van der Waals surface area contributed by atoms with E-state index in [0.717, 1.165) is 72.8 Å². The topological polar surface area (TPSA) is 96.2 Å². The van der Waals surface area contributed by atoms with Gasteiger partial charge in [-0.25, -0.2) is 0 Å². The first-order valence-electron chi connectivity index (χ1n) is 7.64. The van der Waals surface area contributed by atoms with Crippen LogP contribution in [-0.4, -0.2) is 72.8 Å². The Labute approximate surface area is 230 Å². The molecular formula is C12H24I2N8PtS4. The minimum atomic E-state index is 0. The van der Waals surface area contributed by atoms with Gasteiger partial charge in [0.15, 0.2) is 20.4 Å². The fourth-order valence-electron chi connectivity index (χ4n) is 1.66. The van der Waals surface area contributed by atoms with Crippen molar-refractivity contribution in [1.29, 1.82) is 0 Å². The monoisotopic (exact) mass is 857 g/mol. The molecule has 8 N–H and O–H groups in total. The molecule has 0 unspecified atom stereocenters. The van der Waals surface area contributed by atoms with Gasteiger partial charge < -0.3 is 90.5 Å². The zero-order valence-electron chi connectivity index (χ0n) is 14.4. The van der Waals surface area contributed by atoms with E-state index >= 15 is 0 Å². The number of hydrogen-bond donors (Lipinski definition) is 8. The molecule has 15 heteroatoms. The Morgan fingerprint density at radius 2 is 0.481 bits per heavy atom. The van der Waals surface area contributed by atoms with E-state index in [9.17, 15) is 0 Å². The molecule has 0 aliphatic carbocycles. The summed E-state index contributed by atoms with van der Waals surface area (Å²) in [6, 6.07) is 0. The smallest absolute Gasteiger partial charge is 1.00 e. The third-order valence-corrected chi connectivity index (χ3v) is 3.94. The Bertz CT molecular complexity index is 349. The summed E-state index contributed by atoms with van der Waals surface area (Å²) in [5.74, 6) is 0. The van der Waals surface area contributed by atoms with E-state index in [4.69, 9.17) is 48.9 Å². The van der Waals surface area contributed by atoms with Crippen LogP contribution in [0.5, 0.6) is 0 Å². The van der Waals surface area contributed by atoms with Crippen LogP contribution in [0.3, 0.4) is 0 Å². The maximum atomic E-state index is 4.70. The molecule has 0 aromatic carbocycles. The van der Waals surface area contributed by atoms with Gasteiger partial charge in [0.25, 0.3) is 0 Å². The van der Waals surface area contributed by atoms with E-state index in [-0.39, 0.29) is 69.0 Å². The summed E-state index contributed by atoms with van der Waals surface area (Å²) in [7, 11) is 0. The van der Waals surface area contributed by atoms with E-state index in [1.807, 2.05) is 0 Å². The van der Waals surface area contributed by atoms with E-state index in [0.29, 0.717) is 0 Å². The van der Waals surface area contributed by atoms with E-state index < -0.39 is 0 Å². The molecule has 0 bridgehead atoms. The first kappa shape index (κ1) is 32.6. The number of nitrogens with one attached hydrogen (secondary N) is 8. The molecule has 0 aromatic heterocycles. The number of halogens is 2. The molecule has 4 saturated heterocycles.